The summed E-state index contributed by atoms with van der Waals surface area (Å²) in [4.78, 5) is 0. The number of rotatable bonds is 3. The summed E-state index contributed by atoms with van der Waals surface area (Å²) in [6.07, 6.45) is 2.01. The molecule has 1 aromatic heterocycles. The molecule has 1 aliphatic heterocycles. The second-order valence-electron chi connectivity index (χ2n) is 6.14. The zero-order valence-corrected chi connectivity index (χ0v) is 14.4. The number of benzene rings is 2. The van der Waals surface area contributed by atoms with Crippen LogP contribution in [0.4, 0.5) is 0 Å². The molecule has 4 nitrogen and oxygen atoms in total. The quantitative estimate of drug-likeness (QED) is 0.636. The van der Waals surface area contributed by atoms with Gasteiger partial charge in [0.2, 0.25) is 0 Å². The van der Waals surface area contributed by atoms with Gasteiger partial charge in [0.1, 0.15) is 6.54 Å². The van der Waals surface area contributed by atoms with E-state index in [1.807, 2.05) is 12.3 Å². The number of fused-ring (bicyclic) bond motifs is 1. The van der Waals surface area contributed by atoms with E-state index in [1.165, 1.54) is 16.7 Å². The molecule has 120 valence electrons. The number of halogens is 1. The second kappa shape index (κ2) is 5.87. The molecule has 5 heteroatoms. The fraction of sp³-hybridized carbons (Fsp3) is 0.211. The fourth-order valence-electron chi connectivity index (χ4n) is 3.19. The van der Waals surface area contributed by atoms with Crippen molar-refractivity contribution >= 4 is 28.2 Å². The summed E-state index contributed by atoms with van der Waals surface area (Å²) in [5, 5.41) is 13.6. The molecule has 0 radical (unpaired) electrons. The Kier molecular flexibility index (Phi) is 3.69. The van der Waals surface area contributed by atoms with Gasteiger partial charge in [-0.2, -0.15) is 5.11 Å². The molecule has 24 heavy (non-hydrogen) atoms. The fourth-order valence-corrected chi connectivity index (χ4v) is 3.47. The predicted octanol–water partition coefficient (Wildman–Crippen LogP) is 5.13. The number of hydrogen-bond acceptors (Lipinski definition) is 3. The Morgan fingerprint density at radius 3 is 2.62 bits per heavy atom. The third kappa shape index (κ3) is 2.53. The molecule has 0 unspecified atom stereocenters. The average Bonchev–Trinajstić information content (AvgIpc) is 3.20. The van der Waals surface area contributed by atoms with E-state index in [-0.39, 0.29) is 0 Å². The lowest BCUT2D eigenvalue weighted by atomic mass is 10.0. The van der Waals surface area contributed by atoms with Crippen LogP contribution in [-0.4, -0.2) is 16.8 Å². The van der Waals surface area contributed by atoms with Crippen molar-refractivity contribution in [2.45, 2.75) is 20.4 Å². The third-order valence-corrected chi connectivity index (χ3v) is 4.89. The molecule has 0 spiro atoms. The third-order valence-electron chi connectivity index (χ3n) is 4.59. The molecule has 3 aromatic rings. The van der Waals surface area contributed by atoms with E-state index in [4.69, 9.17) is 11.6 Å². The second-order valence-corrected chi connectivity index (χ2v) is 6.55. The molecule has 4 rings (SSSR count). The molecule has 0 atom stereocenters. The summed E-state index contributed by atoms with van der Waals surface area (Å²) in [7, 11) is 0. The van der Waals surface area contributed by atoms with E-state index in [9.17, 15) is 0 Å². The normalized spacial score (nSPS) is 13.7. The van der Waals surface area contributed by atoms with Crippen molar-refractivity contribution in [3.05, 3.63) is 69.9 Å². The van der Waals surface area contributed by atoms with Crippen molar-refractivity contribution in [3.63, 3.8) is 0 Å². The predicted molar refractivity (Wildman–Crippen MR) is 98.2 cm³/mol. The summed E-state index contributed by atoms with van der Waals surface area (Å²) >= 11 is 6.45. The first-order chi connectivity index (χ1) is 11.6. The van der Waals surface area contributed by atoms with Crippen LogP contribution in [0, 0.1) is 13.8 Å². The molecular weight excluding hydrogens is 320 g/mol. The summed E-state index contributed by atoms with van der Waals surface area (Å²) in [5.41, 5.74) is 6.97. The van der Waals surface area contributed by atoms with Crippen LogP contribution in [0.25, 0.3) is 10.9 Å². The van der Waals surface area contributed by atoms with Gasteiger partial charge in [-0.3, -0.25) is 0 Å². The Bertz CT molecular complexity index is 978. The van der Waals surface area contributed by atoms with Crippen LogP contribution in [0.15, 0.2) is 58.0 Å². The Labute approximate surface area is 145 Å². The van der Waals surface area contributed by atoms with Crippen molar-refractivity contribution < 1.29 is 0 Å². The molecular formula is C19H17ClN4. The highest BCUT2D eigenvalue weighted by atomic mass is 35.5. The molecule has 2 heterocycles. The summed E-state index contributed by atoms with van der Waals surface area (Å²) in [5.74, 6) is 0. The molecule has 2 aromatic carbocycles. The highest BCUT2D eigenvalue weighted by Gasteiger charge is 2.13. The average molecular weight is 337 g/mol. The first-order valence-electron chi connectivity index (χ1n) is 7.90. The van der Waals surface area contributed by atoms with Crippen LogP contribution in [0.3, 0.4) is 0 Å². The topological polar surface area (TPSA) is 42.0 Å². The lowest BCUT2D eigenvalue weighted by Gasteiger charge is -2.12. The minimum Gasteiger partial charge on any atom is -0.341 e. The van der Waals surface area contributed by atoms with Crippen LogP contribution in [0.2, 0.25) is 5.02 Å². The number of nitrogens with zero attached hydrogens (tertiary/aromatic N) is 4. The minimum atomic E-state index is 0.539. The SMILES string of the molecule is Cc1cccc(C)c1Cn1cc(Cl)c2ccc(C3=NN=NC3)cc21. The standard InChI is InChI=1S/C19H17ClN4/c1-12-4-3-5-13(2)16(12)10-24-11-17(20)15-7-6-14(8-19(15)24)18-9-21-23-22-18/h3-8,11H,9-10H2,1-2H3. The zero-order chi connectivity index (χ0) is 16.7. The number of hydrogen-bond donors (Lipinski definition) is 0. The van der Waals surface area contributed by atoms with Gasteiger partial charge in [0.25, 0.3) is 0 Å². The maximum atomic E-state index is 6.45. The molecule has 0 aliphatic carbocycles. The monoisotopic (exact) mass is 336 g/mol. The Morgan fingerprint density at radius 2 is 1.92 bits per heavy atom. The number of aromatic nitrogens is 1. The van der Waals surface area contributed by atoms with Crippen molar-refractivity contribution in [2.24, 2.45) is 15.4 Å². The van der Waals surface area contributed by atoms with Gasteiger partial charge < -0.3 is 4.57 Å². The van der Waals surface area contributed by atoms with E-state index in [0.717, 1.165) is 33.7 Å². The minimum absolute atomic E-state index is 0.539. The Hall–Kier alpha value is -2.46. The lowest BCUT2D eigenvalue weighted by molar-refractivity contribution is 0.823. The van der Waals surface area contributed by atoms with Crippen LogP contribution in [-0.2, 0) is 6.54 Å². The van der Waals surface area contributed by atoms with Crippen molar-refractivity contribution in [2.75, 3.05) is 6.54 Å². The van der Waals surface area contributed by atoms with E-state index >= 15 is 0 Å². The van der Waals surface area contributed by atoms with Gasteiger partial charge in [-0.25, -0.2) is 0 Å². The van der Waals surface area contributed by atoms with Crippen LogP contribution < -0.4 is 0 Å². The van der Waals surface area contributed by atoms with Crippen molar-refractivity contribution in [1.82, 2.24) is 4.57 Å². The van der Waals surface area contributed by atoms with Crippen LogP contribution in [0.5, 0.6) is 0 Å². The maximum Gasteiger partial charge on any atom is 0.107 e. The summed E-state index contributed by atoms with van der Waals surface area (Å²) in [6.45, 7) is 5.64. The van der Waals surface area contributed by atoms with Gasteiger partial charge >= 0.3 is 0 Å². The smallest absolute Gasteiger partial charge is 0.107 e. The van der Waals surface area contributed by atoms with Crippen molar-refractivity contribution in [1.29, 1.82) is 0 Å². The van der Waals surface area contributed by atoms with Gasteiger partial charge in [0.05, 0.1) is 16.3 Å². The highest BCUT2D eigenvalue weighted by Crippen LogP contribution is 2.29. The lowest BCUT2D eigenvalue weighted by Crippen LogP contribution is -2.04. The van der Waals surface area contributed by atoms with Crippen LogP contribution in [0.1, 0.15) is 22.3 Å². The number of aryl methyl sites for hydroxylation is 2. The Balaban J connectivity index is 1.81. The summed E-state index contributed by atoms with van der Waals surface area (Å²) in [6, 6.07) is 12.6. The van der Waals surface area contributed by atoms with Gasteiger partial charge in [0, 0.05) is 23.7 Å². The van der Waals surface area contributed by atoms with Crippen molar-refractivity contribution in [3.8, 4) is 0 Å². The molecule has 0 fully saturated rings. The first kappa shape index (κ1) is 15.1. The first-order valence-corrected chi connectivity index (χ1v) is 8.28. The van der Waals surface area contributed by atoms with Gasteiger partial charge in [-0.05, 0) is 41.8 Å². The van der Waals surface area contributed by atoms with E-state index < -0.39 is 0 Å². The zero-order valence-electron chi connectivity index (χ0n) is 13.6. The highest BCUT2D eigenvalue weighted by molar-refractivity contribution is 6.35. The molecule has 0 N–H and O–H groups in total. The van der Waals surface area contributed by atoms with E-state index in [2.05, 4.69) is 64.2 Å². The van der Waals surface area contributed by atoms with Crippen LogP contribution >= 0.6 is 11.6 Å². The summed E-state index contributed by atoms with van der Waals surface area (Å²) < 4.78 is 2.21. The van der Waals surface area contributed by atoms with Gasteiger partial charge in [-0.15, -0.1) is 5.10 Å². The Morgan fingerprint density at radius 1 is 1.12 bits per heavy atom. The molecule has 0 saturated carbocycles. The maximum absolute atomic E-state index is 6.45. The van der Waals surface area contributed by atoms with E-state index in [0.29, 0.717) is 6.54 Å². The molecule has 0 saturated heterocycles. The van der Waals surface area contributed by atoms with E-state index in [1.54, 1.807) is 0 Å². The van der Waals surface area contributed by atoms with Gasteiger partial charge in [0.15, 0.2) is 0 Å². The molecule has 0 bridgehead atoms. The van der Waals surface area contributed by atoms with Gasteiger partial charge in [-0.1, -0.05) is 41.9 Å². The molecule has 0 amide bonds. The molecule has 1 aliphatic rings. The largest absolute Gasteiger partial charge is 0.341 e.